The van der Waals surface area contributed by atoms with Crippen molar-refractivity contribution < 1.29 is 0 Å². The van der Waals surface area contributed by atoms with Gasteiger partial charge in [0.25, 0.3) is 0 Å². The first-order chi connectivity index (χ1) is 26.8. The zero-order chi connectivity index (χ0) is 38.6. The average Bonchev–Trinajstić information content (AvgIpc) is 3.22. The summed E-state index contributed by atoms with van der Waals surface area (Å²) in [5.41, 5.74) is 20.0. The molecule has 6 aromatic carbocycles. The van der Waals surface area contributed by atoms with Gasteiger partial charge in [0.15, 0.2) is 0 Å². The van der Waals surface area contributed by atoms with Gasteiger partial charge in [0.05, 0.1) is 0 Å². The second-order valence-corrected chi connectivity index (χ2v) is 15.0. The molecule has 55 heavy (non-hydrogen) atoms. The summed E-state index contributed by atoms with van der Waals surface area (Å²) in [6, 6.07) is 52.7. The molecule has 0 heteroatoms. The molecule has 0 aliphatic heterocycles. The van der Waals surface area contributed by atoms with Crippen LogP contribution in [-0.4, -0.2) is 0 Å². The maximum Gasteiger partial charge on any atom is 0.00891 e. The summed E-state index contributed by atoms with van der Waals surface area (Å²) in [6.07, 6.45) is 17.2. The van der Waals surface area contributed by atoms with Crippen molar-refractivity contribution in [2.75, 3.05) is 0 Å². The van der Waals surface area contributed by atoms with Crippen LogP contribution in [0.25, 0.3) is 39.0 Å². The van der Waals surface area contributed by atoms with Crippen molar-refractivity contribution in [1.82, 2.24) is 0 Å². The van der Waals surface area contributed by atoms with Gasteiger partial charge in [-0.1, -0.05) is 174 Å². The van der Waals surface area contributed by atoms with Crippen LogP contribution in [0, 0.1) is 33.1 Å². The molecule has 7 rings (SSSR count). The van der Waals surface area contributed by atoms with E-state index >= 15 is 0 Å². The Balaban J connectivity index is 0.000000332. The van der Waals surface area contributed by atoms with Gasteiger partial charge in [-0.15, -0.1) is 12.3 Å². The molecule has 0 spiro atoms. The molecule has 0 saturated carbocycles. The van der Waals surface area contributed by atoms with E-state index in [-0.39, 0.29) is 0 Å². The molecule has 0 amide bonds. The molecule has 0 fully saturated rings. The highest BCUT2D eigenvalue weighted by Gasteiger charge is 2.18. The zero-order valence-electron chi connectivity index (χ0n) is 33.3. The molecule has 1 aliphatic carbocycles. The third-order valence-corrected chi connectivity index (χ3v) is 11.0. The van der Waals surface area contributed by atoms with Gasteiger partial charge in [0.1, 0.15) is 0 Å². The van der Waals surface area contributed by atoms with Crippen LogP contribution < -0.4 is 0 Å². The van der Waals surface area contributed by atoms with Crippen LogP contribution in [-0.2, 0) is 6.42 Å². The molecular formula is C55H54. The van der Waals surface area contributed by atoms with E-state index < -0.39 is 0 Å². The Labute approximate surface area is 331 Å². The highest BCUT2D eigenvalue weighted by atomic mass is 14.2. The van der Waals surface area contributed by atoms with Gasteiger partial charge in [-0.3, -0.25) is 0 Å². The van der Waals surface area contributed by atoms with E-state index in [1.165, 1.54) is 83.5 Å². The average molecular weight is 715 g/mol. The third kappa shape index (κ3) is 10.2. The van der Waals surface area contributed by atoms with Crippen molar-refractivity contribution >= 4 is 5.57 Å². The van der Waals surface area contributed by atoms with Crippen LogP contribution >= 0.6 is 0 Å². The predicted molar refractivity (Wildman–Crippen MR) is 239 cm³/mol. The summed E-state index contributed by atoms with van der Waals surface area (Å²) in [4.78, 5) is 0. The first-order valence-electron chi connectivity index (χ1n) is 19.7. The molecule has 0 radical (unpaired) electrons. The summed E-state index contributed by atoms with van der Waals surface area (Å²) in [5, 5.41) is 0. The molecule has 6 aromatic rings. The van der Waals surface area contributed by atoms with E-state index in [2.05, 4.69) is 198 Å². The smallest absolute Gasteiger partial charge is 0.00891 e. The van der Waals surface area contributed by atoms with E-state index in [0.717, 1.165) is 32.1 Å². The minimum Gasteiger partial charge on any atom is -0.120 e. The van der Waals surface area contributed by atoms with Crippen molar-refractivity contribution in [2.24, 2.45) is 0 Å². The lowest BCUT2D eigenvalue weighted by Gasteiger charge is -2.22. The molecule has 274 valence electrons. The number of benzene rings is 6. The van der Waals surface area contributed by atoms with E-state index in [1.807, 2.05) is 6.07 Å². The summed E-state index contributed by atoms with van der Waals surface area (Å²) < 4.78 is 0. The normalized spacial score (nSPS) is 13.9. The molecule has 0 nitrogen and oxygen atoms in total. The molecule has 0 aromatic heterocycles. The number of rotatable bonds is 10. The Bertz CT molecular complexity index is 2310. The lowest BCUT2D eigenvalue weighted by Crippen LogP contribution is -2.04. The Morgan fingerprint density at radius 1 is 0.618 bits per heavy atom. The lowest BCUT2D eigenvalue weighted by atomic mass is 9.82. The van der Waals surface area contributed by atoms with E-state index in [0.29, 0.717) is 5.92 Å². The molecule has 0 saturated heterocycles. The number of hydrogen-bond donors (Lipinski definition) is 0. The maximum absolute atomic E-state index is 5.65. The van der Waals surface area contributed by atoms with Gasteiger partial charge in [0, 0.05) is 12.3 Å². The van der Waals surface area contributed by atoms with Crippen LogP contribution in [0.3, 0.4) is 0 Å². The van der Waals surface area contributed by atoms with Crippen molar-refractivity contribution in [3.63, 3.8) is 0 Å². The largest absolute Gasteiger partial charge is 0.120 e. The van der Waals surface area contributed by atoms with Crippen LogP contribution in [0.4, 0.5) is 0 Å². The SMILES string of the molecule is C#CCCC/C(Cc1ccc(-c2ccccc2)cc1)=C(\C)c1cc(-c2ccc(C)c(C3CC=CC=C3C)c2)ccc1C.Cc1ccc(-c2ccccc2)cc1. The highest BCUT2D eigenvalue weighted by Crippen LogP contribution is 2.37. The Morgan fingerprint density at radius 2 is 1.16 bits per heavy atom. The quantitative estimate of drug-likeness (QED) is 0.0979. The molecule has 0 heterocycles. The summed E-state index contributed by atoms with van der Waals surface area (Å²) in [6.45, 7) is 11.1. The molecule has 0 bridgehead atoms. The fraction of sp³-hybridized carbons (Fsp3) is 0.200. The summed E-state index contributed by atoms with van der Waals surface area (Å²) >= 11 is 0. The lowest BCUT2D eigenvalue weighted by molar-refractivity contribution is 0.791. The monoisotopic (exact) mass is 714 g/mol. The fourth-order valence-corrected chi connectivity index (χ4v) is 7.58. The van der Waals surface area contributed by atoms with Gasteiger partial charge in [-0.05, 0) is 133 Å². The number of terminal acetylenes is 1. The van der Waals surface area contributed by atoms with Crippen molar-refractivity contribution in [3.05, 3.63) is 208 Å². The third-order valence-electron chi connectivity index (χ3n) is 11.0. The Morgan fingerprint density at radius 3 is 1.76 bits per heavy atom. The van der Waals surface area contributed by atoms with Crippen molar-refractivity contribution in [1.29, 1.82) is 0 Å². The minimum atomic E-state index is 0.456. The van der Waals surface area contributed by atoms with E-state index in [4.69, 9.17) is 6.42 Å². The van der Waals surface area contributed by atoms with Crippen LogP contribution in [0.15, 0.2) is 175 Å². The zero-order valence-corrected chi connectivity index (χ0v) is 33.3. The second kappa shape index (κ2) is 18.9. The first kappa shape index (κ1) is 38.8. The first-order valence-corrected chi connectivity index (χ1v) is 19.7. The van der Waals surface area contributed by atoms with Gasteiger partial charge < -0.3 is 0 Å². The topological polar surface area (TPSA) is 0 Å². The van der Waals surface area contributed by atoms with Gasteiger partial charge in [0.2, 0.25) is 0 Å². The summed E-state index contributed by atoms with van der Waals surface area (Å²) in [5.74, 6) is 3.30. The number of unbranched alkanes of at least 4 members (excludes halogenated alkanes) is 1. The van der Waals surface area contributed by atoms with Crippen molar-refractivity contribution in [3.8, 4) is 45.7 Å². The Kier molecular flexibility index (Phi) is 13.4. The van der Waals surface area contributed by atoms with Crippen LogP contribution in [0.2, 0.25) is 0 Å². The second-order valence-electron chi connectivity index (χ2n) is 15.0. The minimum absolute atomic E-state index is 0.456. The van der Waals surface area contributed by atoms with Gasteiger partial charge in [-0.2, -0.15) is 0 Å². The van der Waals surface area contributed by atoms with Gasteiger partial charge in [-0.25, -0.2) is 0 Å². The number of allylic oxidation sites excluding steroid dienone is 6. The predicted octanol–water partition coefficient (Wildman–Crippen LogP) is 15.1. The molecule has 1 unspecified atom stereocenters. The summed E-state index contributed by atoms with van der Waals surface area (Å²) in [7, 11) is 0. The molecule has 1 aliphatic rings. The molecule has 0 N–H and O–H groups in total. The molecule has 1 atom stereocenters. The molecular weight excluding hydrogens is 661 g/mol. The number of hydrogen-bond acceptors (Lipinski definition) is 0. The van der Waals surface area contributed by atoms with Crippen LogP contribution in [0.5, 0.6) is 0 Å². The van der Waals surface area contributed by atoms with Crippen molar-refractivity contribution in [2.45, 2.75) is 72.6 Å². The standard InChI is InChI=1S/C42H42.C13H12/c1-6-7-9-17-37(27-34-21-25-36(26-22-34)35-15-10-8-11-16-35)33(5)41-28-38(23-19-31(41)3)39-24-20-32(4)42(29-39)40-18-13-12-14-30(40)2;1-11-7-9-13(10-8-11)12-5-3-2-4-6-12/h1,8,10-16,19-26,28-29,40H,7,9,17-18,27H2,2-5H3;2-10H,1H3/b37-33-;. The Hall–Kier alpha value is -5.90. The van der Waals surface area contributed by atoms with E-state index in [1.54, 1.807) is 0 Å². The van der Waals surface area contributed by atoms with Crippen LogP contribution in [0.1, 0.15) is 78.8 Å². The maximum atomic E-state index is 5.65. The number of aryl methyl sites for hydroxylation is 3. The van der Waals surface area contributed by atoms with Gasteiger partial charge >= 0.3 is 0 Å². The van der Waals surface area contributed by atoms with E-state index in [9.17, 15) is 0 Å². The fourth-order valence-electron chi connectivity index (χ4n) is 7.58. The highest BCUT2D eigenvalue weighted by molar-refractivity contribution is 5.76.